The minimum absolute atomic E-state index is 0.0716. The van der Waals surface area contributed by atoms with Crippen molar-refractivity contribution in [1.82, 2.24) is 9.88 Å². The highest BCUT2D eigenvalue weighted by atomic mass is 32.2. The van der Waals surface area contributed by atoms with Gasteiger partial charge in [-0.05, 0) is 25.2 Å². The Morgan fingerprint density at radius 3 is 2.86 bits per heavy atom. The number of thiazole rings is 1. The van der Waals surface area contributed by atoms with Crippen molar-refractivity contribution in [2.24, 2.45) is 5.92 Å². The lowest BCUT2D eigenvalue weighted by Crippen LogP contribution is -2.33. The molecule has 6 nitrogen and oxygen atoms in total. The first-order valence-corrected chi connectivity index (χ1v) is 12.3. The van der Waals surface area contributed by atoms with Gasteiger partial charge in [-0.3, -0.25) is 4.79 Å². The maximum Gasteiger partial charge on any atom is 0.355 e. The summed E-state index contributed by atoms with van der Waals surface area (Å²) in [5.74, 6) is 0.501. The van der Waals surface area contributed by atoms with Crippen molar-refractivity contribution >= 4 is 35.0 Å². The van der Waals surface area contributed by atoms with Crippen LogP contribution >= 0.6 is 23.1 Å². The smallest absolute Gasteiger partial charge is 0.355 e. The fourth-order valence-electron chi connectivity index (χ4n) is 4.20. The average molecular weight is 439 g/mol. The lowest BCUT2D eigenvalue weighted by atomic mass is 9.85. The molecule has 1 aromatic heterocycles. The Kier molecular flexibility index (Phi) is 8.56. The molecule has 2 N–H and O–H groups in total. The number of hydrogen-bond acceptors (Lipinski definition) is 6. The first-order chi connectivity index (χ1) is 14.0. The van der Waals surface area contributed by atoms with E-state index in [1.807, 2.05) is 11.0 Å². The van der Waals surface area contributed by atoms with E-state index in [0.29, 0.717) is 35.4 Å². The summed E-state index contributed by atoms with van der Waals surface area (Å²) >= 11 is 2.80. The van der Waals surface area contributed by atoms with Crippen molar-refractivity contribution in [1.29, 1.82) is 0 Å². The molecule has 2 fully saturated rings. The van der Waals surface area contributed by atoms with Gasteiger partial charge in [0.2, 0.25) is 5.91 Å². The van der Waals surface area contributed by atoms with E-state index in [4.69, 9.17) is 5.11 Å². The molecule has 0 radical (unpaired) electrons. The third kappa shape index (κ3) is 6.83. The molecule has 1 aliphatic heterocycles. The molecule has 1 aliphatic carbocycles. The molecule has 0 aromatic carbocycles. The van der Waals surface area contributed by atoms with Crippen molar-refractivity contribution in [2.45, 2.75) is 74.3 Å². The molecule has 1 unspecified atom stereocenters. The van der Waals surface area contributed by atoms with Gasteiger partial charge in [0.15, 0.2) is 10.0 Å². The minimum Gasteiger partial charge on any atom is -0.476 e. The number of carboxylic acid groups (broad SMARTS) is 1. The highest BCUT2D eigenvalue weighted by molar-refractivity contribution is 8.01. The van der Waals surface area contributed by atoms with Crippen molar-refractivity contribution in [3.63, 3.8) is 0 Å². The second kappa shape index (κ2) is 11.1. The van der Waals surface area contributed by atoms with Crippen LogP contribution in [0.5, 0.6) is 0 Å². The van der Waals surface area contributed by atoms with E-state index in [1.165, 1.54) is 60.6 Å². The zero-order chi connectivity index (χ0) is 20.6. The molecule has 1 aromatic rings. The Hall–Kier alpha value is -1.38. The number of thioether (sulfide) groups is 1. The first-order valence-electron chi connectivity index (χ1n) is 10.5. The van der Waals surface area contributed by atoms with E-state index in [0.717, 1.165) is 12.8 Å². The molecule has 1 amide bonds. The average Bonchev–Trinajstić information content (AvgIpc) is 3.31. The monoisotopic (exact) mass is 438 g/mol. The number of aromatic nitrogens is 1. The van der Waals surface area contributed by atoms with Crippen molar-refractivity contribution in [3.8, 4) is 0 Å². The van der Waals surface area contributed by atoms with Gasteiger partial charge in [0.05, 0.1) is 12.1 Å². The van der Waals surface area contributed by atoms with Gasteiger partial charge in [-0.15, -0.1) is 11.3 Å². The molecule has 8 heteroatoms. The lowest BCUT2D eigenvalue weighted by Gasteiger charge is -2.24. The van der Waals surface area contributed by atoms with Crippen LogP contribution in [0.1, 0.15) is 68.3 Å². The van der Waals surface area contributed by atoms with Crippen LogP contribution in [0.25, 0.3) is 0 Å². The molecule has 2 heterocycles. The second-order valence-electron chi connectivity index (χ2n) is 7.90. The number of nitrogens with zero attached hydrogens (tertiary/aromatic N) is 2. The third-order valence-corrected chi connectivity index (χ3v) is 7.73. The Morgan fingerprint density at radius 1 is 1.34 bits per heavy atom. The fourth-order valence-corrected chi connectivity index (χ4v) is 6.01. The molecule has 0 spiro atoms. The standard InChI is InChI=1S/C21H30N2O4S2/c24-17(13-15-5-2-1-3-6-15)8-4-7-16-9-10-19(25)23(16)11-12-28-21-22-18(14-29-21)20(26)27/h4,7,14-17,24H,1-3,5-6,8-13H2,(H,26,27)/b7-4+/t16-,17?/m0/s1. The summed E-state index contributed by atoms with van der Waals surface area (Å²) in [7, 11) is 0. The summed E-state index contributed by atoms with van der Waals surface area (Å²) in [6.07, 6.45) is 13.2. The normalized spacial score (nSPS) is 21.9. The molecule has 29 heavy (non-hydrogen) atoms. The highest BCUT2D eigenvalue weighted by Gasteiger charge is 2.28. The summed E-state index contributed by atoms with van der Waals surface area (Å²) in [5.41, 5.74) is 0.0716. The molecule has 2 atom stereocenters. The molecule has 1 saturated carbocycles. The number of carboxylic acids is 1. The Labute approximate surface area is 180 Å². The number of rotatable bonds is 10. The van der Waals surface area contributed by atoms with Gasteiger partial charge in [0, 0.05) is 24.1 Å². The van der Waals surface area contributed by atoms with Gasteiger partial charge in [-0.1, -0.05) is 56.0 Å². The van der Waals surface area contributed by atoms with Crippen LogP contribution < -0.4 is 0 Å². The number of carbonyl (C=O) groups excluding carboxylic acids is 1. The Bertz CT molecular complexity index is 715. The van der Waals surface area contributed by atoms with Gasteiger partial charge in [-0.25, -0.2) is 9.78 Å². The predicted molar refractivity (Wildman–Crippen MR) is 115 cm³/mol. The van der Waals surface area contributed by atoms with Gasteiger partial charge in [-0.2, -0.15) is 0 Å². The topological polar surface area (TPSA) is 90.7 Å². The van der Waals surface area contributed by atoms with Crippen LogP contribution in [-0.4, -0.2) is 56.4 Å². The van der Waals surface area contributed by atoms with E-state index in [-0.39, 0.29) is 23.7 Å². The van der Waals surface area contributed by atoms with E-state index in [1.54, 1.807) is 0 Å². The van der Waals surface area contributed by atoms with Crippen LogP contribution in [0.3, 0.4) is 0 Å². The van der Waals surface area contributed by atoms with E-state index in [9.17, 15) is 14.7 Å². The molecule has 3 rings (SSSR count). The van der Waals surface area contributed by atoms with E-state index < -0.39 is 5.97 Å². The largest absolute Gasteiger partial charge is 0.476 e. The molecule has 1 saturated heterocycles. The summed E-state index contributed by atoms with van der Waals surface area (Å²) in [5, 5.41) is 20.8. The van der Waals surface area contributed by atoms with Crippen LogP contribution in [0, 0.1) is 5.92 Å². The highest BCUT2D eigenvalue weighted by Crippen LogP contribution is 2.28. The van der Waals surface area contributed by atoms with Crippen LogP contribution in [0.4, 0.5) is 0 Å². The molecule has 2 aliphatic rings. The number of hydrogen-bond donors (Lipinski definition) is 2. The zero-order valence-electron chi connectivity index (χ0n) is 16.7. The Morgan fingerprint density at radius 2 is 2.14 bits per heavy atom. The van der Waals surface area contributed by atoms with Crippen LogP contribution in [-0.2, 0) is 4.79 Å². The molecular formula is C21H30N2O4S2. The van der Waals surface area contributed by atoms with Crippen molar-refractivity contribution in [3.05, 3.63) is 23.2 Å². The number of aliphatic hydroxyl groups is 1. The predicted octanol–water partition coefficient (Wildman–Crippen LogP) is 4.20. The summed E-state index contributed by atoms with van der Waals surface area (Å²) in [6, 6.07) is 0.0934. The van der Waals surface area contributed by atoms with Gasteiger partial charge in [0.1, 0.15) is 0 Å². The van der Waals surface area contributed by atoms with Gasteiger partial charge in [0.25, 0.3) is 0 Å². The minimum atomic E-state index is -1.02. The van der Waals surface area contributed by atoms with E-state index >= 15 is 0 Å². The Balaban J connectivity index is 1.41. The molecule has 160 valence electrons. The molecular weight excluding hydrogens is 408 g/mol. The zero-order valence-corrected chi connectivity index (χ0v) is 18.3. The number of likely N-dealkylation sites (tertiary alicyclic amines) is 1. The number of aliphatic hydroxyl groups excluding tert-OH is 1. The van der Waals surface area contributed by atoms with Crippen LogP contribution in [0.2, 0.25) is 0 Å². The summed E-state index contributed by atoms with van der Waals surface area (Å²) in [4.78, 5) is 29.1. The first kappa shape index (κ1) is 22.3. The quantitative estimate of drug-likeness (QED) is 0.420. The summed E-state index contributed by atoms with van der Waals surface area (Å²) in [6.45, 7) is 0.616. The number of amides is 1. The summed E-state index contributed by atoms with van der Waals surface area (Å²) < 4.78 is 0.715. The lowest BCUT2D eigenvalue weighted by molar-refractivity contribution is -0.128. The SMILES string of the molecule is O=C(O)c1csc(SCCN2C(=O)CC[C@@H]2/C=C/CC(O)CC2CCCCC2)n1. The fraction of sp³-hybridized carbons (Fsp3) is 0.667. The third-order valence-electron chi connectivity index (χ3n) is 5.73. The van der Waals surface area contributed by atoms with E-state index in [2.05, 4.69) is 11.1 Å². The van der Waals surface area contributed by atoms with Crippen molar-refractivity contribution < 1.29 is 19.8 Å². The van der Waals surface area contributed by atoms with Crippen molar-refractivity contribution in [2.75, 3.05) is 12.3 Å². The van der Waals surface area contributed by atoms with Gasteiger partial charge >= 0.3 is 5.97 Å². The molecule has 0 bridgehead atoms. The number of carbonyl (C=O) groups is 2. The van der Waals surface area contributed by atoms with Gasteiger partial charge < -0.3 is 15.1 Å². The maximum atomic E-state index is 12.2. The second-order valence-corrected chi connectivity index (χ2v) is 10.1. The number of aromatic carboxylic acids is 1. The van der Waals surface area contributed by atoms with Crippen LogP contribution in [0.15, 0.2) is 21.9 Å². The maximum absolute atomic E-state index is 12.2.